The monoisotopic (exact) mass is 354 g/mol. The van der Waals surface area contributed by atoms with Crippen LogP contribution in [0.15, 0.2) is 22.7 Å². The van der Waals surface area contributed by atoms with Gasteiger partial charge in [0.25, 0.3) is 0 Å². The van der Waals surface area contributed by atoms with Crippen molar-refractivity contribution in [1.29, 1.82) is 0 Å². The summed E-state index contributed by atoms with van der Waals surface area (Å²) in [5.41, 5.74) is 1.07. The summed E-state index contributed by atoms with van der Waals surface area (Å²) in [5, 5.41) is 3.44. The number of methoxy groups -OCH3 is 1. The third-order valence-electron chi connectivity index (χ3n) is 3.76. The highest BCUT2D eigenvalue weighted by Gasteiger charge is 2.24. The summed E-state index contributed by atoms with van der Waals surface area (Å²) in [5.74, 6) is 1.06. The standard InChI is InChI=1S/C16H23BrN2O2/c1-11-9-19(10-12(2)18-11)16(20)7-4-13-8-14(17)5-6-15(13)21-3/h5-6,8,11-12,18H,4,7,9-10H2,1-3H3. The van der Waals surface area contributed by atoms with Crippen molar-refractivity contribution in [1.82, 2.24) is 10.2 Å². The molecule has 0 bridgehead atoms. The number of nitrogens with zero attached hydrogens (tertiary/aromatic N) is 1. The third kappa shape index (κ3) is 4.45. The second kappa shape index (κ2) is 7.27. The van der Waals surface area contributed by atoms with E-state index in [1.807, 2.05) is 23.1 Å². The minimum atomic E-state index is 0.220. The summed E-state index contributed by atoms with van der Waals surface area (Å²) in [6.45, 7) is 5.82. The van der Waals surface area contributed by atoms with Crippen molar-refractivity contribution in [2.24, 2.45) is 0 Å². The summed E-state index contributed by atoms with van der Waals surface area (Å²) < 4.78 is 6.37. The van der Waals surface area contributed by atoms with Crippen LogP contribution in [0.2, 0.25) is 0 Å². The fourth-order valence-corrected chi connectivity index (χ4v) is 3.28. The van der Waals surface area contributed by atoms with Gasteiger partial charge < -0.3 is 15.0 Å². The maximum Gasteiger partial charge on any atom is 0.223 e. The second-order valence-electron chi connectivity index (χ2n) is 5.72. The van der Waals surface area contributed by atoms with Crippen molar-refractivity contribution in [2.75, 3.05) is 20.2 Å². The number of carbonyl (C=O) groups excluding carboxylic acids is 1. The van der Waals surface area contributed by atoms with E-state index >= 15 is 0 Å². The summed E-state index contributed by atoms with van der Waals surface area (Å²) >= 11 is 3.47. The van der Waals surface area contributed by atoms with Gasteiger partial charge in [0.15, 0.2) is 0 Å². The number of rotatable bonds is 4. The van der Waals surface area contributed by atoms with Crippen molar-refractivity contribution in [2.45, 2.75) is 38.8 Å². The Kier molecular flexibility index (Phi) is 5.65. The predicted octanol–water partition coefficient (Wildman–Crippen LogP) is 2.60. The zero-order valence-corrected chi connectivity index (χ0v) is 14.4. The maximum absolute atomic E-state index is 12.4. The number of amides is 1. The van der Waals surface area contributed by atoms with Gasteiger partial charge in [-0.05, 0) is 44.0 Å². The summed E-state index contributed by atoms with van der Waals surface area (Å²) in [4.78, 5) is 14.4. The lowest BCUT2D eigenvalue weighted by molar-refractivity contribution is -0.132. The molecule has 1 saturated heterocycles. The van der Waals surface area contributed by atoms with E-state index in [1.54, 1.807) is 7.11 Å². The minimum Gasteiger partial charge on any atom is -0.496 e. The number of hydrogen-bond acceptors (Lipinski definition) is 3. The molecule has 1 heterocycles. The van der Waals surface area contributed by atoms with Crippen LogP contribution in [0, 0.1) is 0 Å². The third-order valence-corrected chi connectivity index (χ3v) is 4.25. The largest absolute Gasteiger partial charge is 0.496 e. The molecule has 1 aliphatic rings. The molecule has 0 saturated carbocycles. The summed E-state index contributed by atoms with van der Waals surface area (Å²) in [6.07, 6.45) is 1.22. The van der Waals surface area contributed by atoms with Gasteiger partial charge in [-0.3, -0.25) is 4.79 Å². The Morgan fingerprint density at radius 1 is 1.38 bits per heavy atom. The molecule has 1 aromatic rings. The minimum absolute atomic E-state index is 0.220. The molecule has 4 nitrogen and oxygen atoms in total. The first-order valence-electron chi connectivity index (χ1n) is 7.36. The number of nitrogens with one attached hydrogen (secondary N) is 1. The molecule has 1 N–H and O–H groups in total. The molecule has 21 heavy (non-hydrogen) atoms. The van der Waals surface area contributed by atoms with Crippen LogP contribution in [0.25, 0.3) is 0 Å². The number of ether oxygens (including phenoxy) is 1. The Morgan fingerprint density at radius 3 is 2.67 bits per heavy atom. The molecule has 2 rings (SSSR count). The van der Waals surface area contributed by atoms with Gasteiger partial charge in [0.05, 0.1) is 7.11 Å². The summed E-state index contributed by atoms with van der Waals surface area (Å²) in [6, 6.07) is 6.62. The first-order chi connectivity index (χ1) is 9.99. The van der Waals surface area contributed by atoms with Crippen LogP contribution in [0.4, 0.5) is 0 Å². The van der Waals surface area contributed by atoms with Crippen molar-refractivity contribution in [3.63, 3.8) is 0 Å². The molecule has 1 fully saturated rings. The van der Waals surface area contributed by atoms with Crippen LogP contribution >= 0.6 is 15.9 Å². The zero-order chi connectivity index (χ0) is 15.4. The van der Waals surface area contributed by atoms with Crippen molar-refractivity contribution in [3.05, 3.63) is 28.2 Å². The normalized spacial score (nSPS) is 22.2. The van der Waals surface area contributed by atoms with E-state index in [1.165, 1.54) is 0 Å². The second-order valence-corrected chi connectivity index (χ2v) is 6.64. The van der Waals surface area contributed by atoms with Crippen LogP contribution in [0.3, 0.4) is 0 Å². The molecule has 2 unspecified atom stereocenters. The Hall–Kier alpha value is -1.07. The molecule has 1 aliphatic heterocycles. The van der Waals surface area contributed by atoms with Gasteiger partial charge in [-0.2, -0.15) is 0 Å². The van der Waals surface area contributed by atoms with Gasteiger partial charge in [0, 0.05) is 36.1 Å². The molecule has 0 radical (unpaired) electrons. The molecule has 5 heteroatoms. The van der Waals surface area contributed by atoms with E-state index in [0.717, 1.165) is 28.9 Å². The van der Waals surface area contributed by atoms with Gasteiger partial charge in [-0.1, -0.05) is 15.9 Å². The molecule has 0 aliphatic carbocycles. The van der Waals surface area contributed by atoms with Crippen molar-refractivity contribution < 1.29 is 9.53 Å². The smallest absolute Gasteiger partial charge is 0.223 e. The van der Waals surface area contributed by atoms with Crippen LogP contribution in [-0.4, -0.2) is 43.1 Å². The molecule has 0 aromatic heterocycles. The number of halogens is 1. The molecular weight excluding hydrogens is 332 g/mol. The van der Waals surface area contributed by atoms with Crippen molar-refractivity contribution in [3.8, 4) is 5.75 Å². The topological polar surface area (TPSA) is 41.6 Å². The molecule has 2 atom stereocenters. The first-order valence-corrected chi connectivity index (χ1v) is 8.15. The van der Waals surface area contributed by atoms with E-state index in [-0.39, 0.29) is 5.91 Å². The van der Waals surface area contributed by atoms with Gasteiger partial charge in [0.2, 0.25) is 5.91 Å². The molecule has 0 spiro atoms. The highest BCUT2D eigenvalue weighted by molar-refractivity contribution is 9.10. The average Bonchev–Trinajstić information content (AvgIpc) is 2.43. The van der Waals surface area contributed by atoms with E-state index in [9.17, 15) is 4.79 Å². The number of carbonyl (C=O) groups is 1. The van der Waals surface area contributed by atoms with Gasteiger partial charge in [0.1, 0.15) is 5.75 Å². The molecule has 1 amide bonds. The fourth-order valence-electron chi connectivity index (χ4n) is 2.87. The maximum atomic E-state index is 12.4. The molecule has 116 valence electrons. The van der Waals surface area contributed by atoms with Crippen LogP contribution in [0.1, 0.15) is 25.8 Å². The Morgan fingerprint density at radius 2 is 2.05 bits per heavy atom. The zero-order valence-electron chi connectivity index (χ0n) is 12.9. The Balaban J connectivity index is 1.96. The van der Waals surface area contributed by atoms with Crippen molar-refractivity contribution >= 4 is 21.8 Å². The lowest BCUT2D eigenvalue weighted by atomic mass is 10.1. The summed E-state index contributed by atoms with van der Waals surface area (Å²) in [7, 11) is 1.66. The van der Waals surface area contributed by atoms with Gasteiger partial charge in [-0.25, -0.2) is 0 Å². The lowest BCUT2D eigenvalue weighted by Gasteiger charge is -2.36. The van der Waals surface area contributed by atoms with E-state index in [2.05, 4.69) is 35.1 Å². The van der Waals surface area contributed by atoms with Gasteiger partial charge >= 0.3 is 0 Å². The lowest BCUT2D eigenvalue weighted by Crippen LogP contribution is -2.55. The number of hydrogen-bond donors (Lipinski definition) is 1. The fraction of sp³-hybridized carbons (Fsp3) is 0.562. The first kappa shape index (κ1) is 16.3. The van der Waals surface area contributed by atoms with Crippen LogP contribution in [0.5, 0.6) is 5.75 Å². The predicted molar refractivity (Wildman–Crippen MR) is 87.7 cm³/mol. The molecular formula is C16H23BrN2O2. The SMILES string of the molecule is COc1ccc(Br)cc1CCC(=O)N1CC(C)NC(C)C1. The number of piperazine rings is 1. The van der Waals surface area contributed by atoms with E-state index in [0.29, 0.717) is 24.9 Å². The highest BCUT2D eigenvalue weighted by Crippen LogP contribution is 2.24. The highest BCUT2D eigenvalue weighted by atomic mass is 79.9. The Bertz CT molecular complexity index is 497. The quantitative estimate of drug-likeness (QED) is 0.903. The number of benzene rings is 1. The van der Waals surface area contributed by atoms with E-state index in [4.69, 9.17) is 4.74 Å². The Labute approximate surface area is 135 Å². The van der Waals surface area contributed by atoms with Crippen LogP contribution < -0.4 is 10.1 Å². The number of aryl methyl sites for hydroxylation is 1. The van der Waals surface area contributed by atoms with Gasteiger partial charge in [-0.15, -0.1) is 0 Å². The van der Waals surface area contributed by atoms with E-state index < -0.39 is 0 Å². The van der Waals surface area contributed by atoms with Crippen LogP contribution in [-0.2, 0) is 11.2 Å². The average molecular weight is 355 g/mol. The molecule has 1 aromatic carbocycles.